The summed E-state index contributed by atoms with van der Waals surface area (Å²) >= 11 is 8.99. The maximum atomic E-state index is 12.3. The lowest BCUT2D eigenvalue weighted by Gasteiger charge is -2.19. The van der Waals surface area contributed by atoms with Crippen molar-refractivity contribution in [2.45, 2.75) is 11.8 Å². The largest absolute Gasteiger partial charge is 0.246 e. The summed E-state index contributed by atoms with van der Waals surface area (Å²) in [5.41, 5.74) is 0. The average molecular weight is 340 g/mol. The van der Waals surface area contributed by atoms with Crippen LogP contribution in [0.1, 0.15) is 6.92 Å². The molecule has 0 radical (unpaired) electrons. The molecular weight excluding hydrogens is 328 g/mol. The van der Waals surface area contributed by atoms with Gasteiger partial charge in [-0.05, 0) is 22.0 Å². The van der Waals surface area contributed by atoms with Crippen LogP contribution in [0.25, 0.3) is 0 Å². The molecule has 0 unspecified atom stereocenters. The third-order valence-corrected chi connectivity index (χ3v) is 4.88. The predicted molar refractivity (Wildman–Crippen MR) is 71.6 cm³/mol. The number of likely N-dealkylation sites (N-methyl/N-ethyl adjacent to an activating group) is 1. The minimum Gasteiger partial charge on any atom is -0.242 e. The first-order valence-electron chi connectivity index (χ1n) is 4.85. The van der Waals surface area contributed by atoms with Crippen LogP contribution in [0.3, 0.4) is 0 Å². The molecule has 0 aromatic carbocycles. The second kappa shape index (κ2) is 5.95. The SMILES string of the molecule is C=CCN(CC)S(=O)(=O)c1cc(Br)cnc1Cl. The summed E-state index contributed by atoms with van der Waals surface area (Å²) < 4.78 is 26.4. The lowest BCUT2D eigenvalue weighted by molar-refractivity contribution is 0.459. The number of halogens is 2. The number of nitrogens with zero attached hydrogens (tertiary/aromatic N) is 2. The van der Waals surface area contributed by atoms with Gasteiger partial charge >= 0.3 is 0 Å². The van der Waals surface area contributed by atoms with E-state index < -0.39 is 10.0 Å². The Kier molecular flexibility index (Phi) is 5.12. The van der Waals surface area contributed by atoms with Gasteiger partial charge in [0.2, 0.25) is 10.0 Å². The Morgan fingerprint density at radius 2 is 2.29 bits per heavy atom. The summed E-state index contributed by atoms with van der Waals surface area (Å²) in [7, 11) is -3.63. The summed E-state index contributed by atoms with van der Waals surface area (Å²) in [6.45, 7) is 5.86. The molecule has 0 saturated heterocycles. The number of hydrogen-bond acceptors (Lipinski definition) is 3. The van der Waals surface area contributed by atoms with Crippen molar-refractivity contribution in [1.82, 2.24) is 9.29 Å². The first kappa shape index (κ1) is 14.6. The van der Waals surface area contributed by atoms with Gasteiger partial charge in [-0.1, -0.05) is 24.6 Å². The molecule has 0 aliphatic heterocycles. The molecule has 0 N–H and O–H groups in total. The zero-order chi connectivity index (χ0) is 13.1. The molecule has 0 bridgehead atoms. The molecular formula is C10H12BrClN2O2S. The third-order valence-electron chi connectivity index (χ3n) is 2.08. The van der Waals surface area contributed by atoms with Crippen molar-refractivity contribution in [3.63, 3.8) is 0 Å². The Bertz CT molecular complexity index is 519. The molecule has 0 spiro atoms. The molecule has 1 aromatic heterocycles. The van der Waals surface area contributed by atoms with Gasteiger partial charge in [0, 0.05) is 23.8 Å². The van der Waals surface area contributed by atoms with E-state index in [1.165, 1.54) is 22.6 Å². The average Bonchev–Trinajstić information content (AvgIpc) is 2.28. The minimum absolute atomic E-state index is 0.00255. The molecule has 17 heavy (non-hydrogen) atoms. The van der Waals surface area contributed by atoms with Crippen LogP contribution in [0.2, 0.25) is 5.15 Å². The molecule has 0 fully saturated rings. The van der Waals surface area contributed by atoms with E-state index in [1.54, 1.807) is 6.92 Å². The quantitative estimate of drug-likeness (QED) is 0.612. The highest BCUT2D eigenvalue weighted by Gasteiger charge is 2.25. The Balaban J connectivity index is 3.29. The normalized spacial score (nSPS) is 11.8. The van der Waals surface area contributed by atoms with Crippen molar-refractivity contribution in [1.29, 1.82) is 0 Å². The van der Waals surface area contributed by atoms with Gasteiger partial charge in [-0.3, -0.25) is 0 Å². The minimum atomic E-state index is -3.63. The van der Waals surface area contributed by atoms with Gasteiger partial charge in [-0.15, -0.1) is 6.58 Å². The lowest BCUT2D eigenvalue weighted by Crippen LogP contribution is -2.31. The molecule has 0 aliphatic carbocycles. The zero-order valence-electron chi connectivity index (χ0n) is 9.23. The lowest BCUT2D eigenvalue weighted by atomic mass is 10.5. The van der Waals surface area contributed by atoms with Crippen LogP contribution in [0.15, 0.2) is 34.3 Å². The van der Waals surface area contributed by atoms with Gasteiger partial charge in [-0.2, -0.15) is 4.31 Å². The van der Waals surface area contributed by atoms with E-state index >= 15 is 0 Å². The van der Waals surface area contributed by atoms with Crippen LogP contribution in [-0.2, 0) is 10.0 Å². The summed E-state index contributed by atoms with van der Waals surface area (Å²) in [5, 5.41) is -0.0317. The summed E-state index contributed by atoms with van der Waals surface area (Å²) in [6.07, 6.45) is 2.98. The molecule has 94 valence electrons. The van der Waals surface area contributed by atoms with Crippen LogP contribution in [-0.4, -0.2) is 30.8 Å². The highest BCUT2D eigenvalue weighted by Crippen LogP contribution is 2.25. The van der Waals surface area contributed by atoms with Gasteiger partial charge in [0.15, 0.2) is 0 Å². The maximum Gasteiger partial charge on any atom is 0.246 e. The topological polar surface area (TPSA) is 50.3 Å². The fraction of sp³-hybridized carbons (Fsp3) is 0.300. The summed E-state index contributed by atoms with van der Waals surface area (Å²) in [6, 6.07) is 1.44. The number of pyridine rings is 1. The van der Waals surface area contributed by atoms with E-state index in [0.717, 1.165) is 0 Å². The molecule has 0 aliphatic rings. The predicted octanol–water partition coefficient (Wildman–Crippen LogP) is 2.69. The molecule has 0 saturated carbocycles. The molecule has 0 atom stereocenters. The van der Waals surface area contributed by atoms with Crippen molar-refractivity contribution >= 4 is 37.6 Å². The highest BCUT2D eigenvalue weighted by atomic mass is 79.9. The molecule has 1 aromatic rings. The van der Waals surface area contributed by atoms with Crippen molar-refractivity contribution in [3.8, 4) is 0 Å². The fourth-order valence-electron chi connectivity index (χ4n) is 1.27. The molecule has 7 heteroatoms. The third kappa shape index (κ3) is 3.28. The van der Waals surface area contributed by atoms with Crippen molar-refractivity contribution < 1.29 is 8.42 Å². The van der Waals surface area contributed by atoms with Crippen molar-refractivity contribution in [2.75, 3.05) is 13.1 Å². The Labute approximate surface area is 114 Å². The van der Waals surface area contributed by atoms with E-state index in [9.17, 15) is 8.42 Å². The van der Waals surface area contributed by atoms with E-state index in [2.05, 4.69) is 27.5 Å². The smallest absolute Gasteiger partial charge is 0.242 e. The van der Waals surface area contributed by atoms with Crippen LogP contribution >= 0.6 is 27.5 Å². The number of hydrogen-bond donors (Lipinski definition) is 0. The Hall–Kier alpha value is -0.430. The second-order valence-corrected chi connectivity index (χ2v) is 6.37. The molecule has 1 heterocycles. The van der Waals surface area contributed by atoms with Gasteiger partial charge in [0.05, 0.1) is 0 Å². The number of sulfonamides is 1. The summed E-state index contributed by atoms with van der Waals surface area (Å²) in [4.78, 5) is 3.81. The van der Waals surface area contributed by atoms with Crippen molar-refractivity contribution in [2.24, 2.45) is 0 Å². The fourth-order valence-corrected chi connectivity index (χ4v) is 3.61. The van der Waals surface area contributed by atoms with Crippen LogP contribution in [0.5, 0.6) is 0 Å². The van der Waals surface area contributed by atoms with Gasteiger partial charge < -0.3 is 0 Å². The van der Waals surface area contributed by atoms with Crippen LogP contribution in [0, 0.1) is 0 Å². The Morgan fingerprint density at radius 3 is 2.82 bits per heavy atom. The number of rotatable bonds is 5. The maximum absolute atomic E-state index is 12.3. The Morgan fingerprint density at radius 1 is 1.65 bits per heavy atom. The molecule has 4 nitrogen and oxygen atoms in total. The van der Waals surface area contributed by atoms with E-state index in [0.29, 0.717) is 11.0 Å². The van der Waals surface area contributed by atoms with Crippen molar-refractivity contribution in [3.05, 3.63) is 34.5 Å². The van der Waals surface area contributed by atoms with Gasteiger partial charge in [0.25, 0.3) is 0 Å². The van der Waals surface area contributed by atoms with E-state index in [4.69, 9.17) is 11.6 Å². The molecule has 1 rings (SSSR count). The first-order valence-corrected chi connectivity index (χ1v) is 7.46. The monoisotopic (exact) mass is 338 g/mol. The van der Waals surface area contributed by atoms with Crippen LogP contribution < -0.4 is 0 Å². The number of aromatic nitrogens is 1. The highest BCUT2D eigenvalue weighted by molar-refractivity contribution is 9.10. The zero-order valence-corrected chi connectivity index (χ0v) is 12.4. The van der Waals surface area contributed by atoms with E-state index in [1.807, 2.05) is 0 Å². The van der Waals surface area contributed by atoms with Crippen LogP contribution in [0.4, 0.5) is 0 Å². The van der Waals surface area contributed by atoms with Gasteiger partial charge in [0.1, 0.15) is 10.0 Å². The summed E-state index contributed by atoms with van der Waals surface area (Å²) in [5.74, 6) is 0. The molecule has 0 amide bonds. The first-order chi connectivity index (χ1) is 7.93. The van der Waals surface area contributed by atoms with E-state index in [-0.39, 0.29) is 16.6 Å². The standard InChI is InChI=1S/C10H12BrClN2O2S/c1-3-5-14(4-2)17(15,16)9-6-8(11)7-13-10(9)12/h3,6-7H,1,4-5H2,2H3. The van der Waals surface area contributed by atoms with Gasteiger partial charge in [-0.25, -0.2) is 13.4 Å². The second-order valence-electron chi connectivity index (χ2n) is 3.19.